The molecule has 0 amide bonds. The lowest BCUT2D eigenvalue weighted by Gasteiger charge is -2.14. The predicted octanol–water partition coefficient (Wildman–Crippen LogP) is 1.35. The van der Waals surface area contributed by atoms with Crippen LogP contribution < -0.4 is 10.6 Å². The number of hydrogen-bond acceptors (Lipinski definition) is 3. The van der Waals surface area contributed by atoms with Crippen molar-refractivity contribution in [2.45, 2.75) is 6.42 Å². The van der Waals surface area contributed by atoms with Crippen molar-refractivity contribution in [1.82, 2.24) is 9.97 Å². The number of hydrogen-bond donors (Lipinski definition) is 2. The van der Waals surface area contributed by atoms with Crippen molar-refractivity contribution in [1.29, 1.82) is 0 Å². The van der Waals surface area contributed by atoms with Crippen molar-refractivity contribution in [3.63, 3.8) is 0 Å². The average Bonchev–Trinajstić information content (AvgIpc) is 2.95. The normalized spacial score (nSPS) is 20.8. The Bertz CT molecular complexity index is 457. The van der Waals surface area contributed by atoms with Crippen molar-refractivity contribution in [2.75, 3.05) is 24.5 Å². The first kappa shape index (κ1) is 9.66. The van der Waals surface area contributed by atoms with Gasteiger partial charge in [0.15, 0.2) is 0 Å². The first-order valence-corrected chi connectivity index (χ1v) is 5.76. The largest absolute Gasteiger partial charge is 0.342 e. The summed E-state index contributed by atoms with van der Waals surface area (Å²) < 4.78 is 0. The van der Waals surface area contributed by atoms with E-state index in [4.69, 9.17) is 5.73 Å². The van der Waals surface area contributed by atoms with Gasteiger partial charge in [-0.1, -0.05) is 12.1 Å². The fourth-order valence-electron chi connectivity index (χ4n) is 2.31. The van der Waals surface area contributed by atoms with Gasteiger partial charge >= 0.3 is 0 Å². The summed E-state index contributed by atoms with van der Waals surface area (Å²) in [7, 11) is 0. The second-order valence-corrected chi connectivity index (χ2v) is 4.41. The quantitative estimate of drug-likeness (QED) is 0.796. The molecule has 3 rings (SSSR count). The molecule has 16 heavy (non-hydrogen) atoms. The van der Waals surface area contributed by atoms with Crippen LogP contribution in [0.5, 0.6) is 0 Å². The number of benzene rings is 1. The highest BCUT2D eigenvalue weighted by atomic mass is 15.3. The van der Waals surface area contributed by atoms with Gasteiger partial charge in [0, 0.05) is 13.1 Å². The maximum Gasteiger partial charge on any atom is 0.203 e. The SMILES string of the molecule is NC[C@@H]1CCN(c2nc3ccccc3[nH]2)C1. The van der Waals surface area contributed by atoms with Crippen LogP contribution in [-0.2, 0) is 0 Å². The van der Waals surface area contributed by atoms with E-state index >= 15 is 0 Å². The van der Waals surface area contributed by atoms with Crippen LogP contribution in [0.4, 0.5) is 5.95 Å². The molecule has 1 atom stereocenters. The zero-order valence-electron chi connectivity index (χ0n) is 9.19. The van der Waals surface area contributed by atoms with E-state index in [-0.39, 0.29) is 0 Å². The summed E-state index contributed by atoms with van der Waals surface area (Å²) in [5.74, 6) is 1.60. The number of nitrogens with one attached hydrogen (secondary N) is 1. The molecule has 0 bridgehead atoms. The molecule has 1 aliphatic heterocycles. The Kier molecular flexibility index (Phi) is 2.29. The van der Waals surface area contributed by atoms with Crippen LogP contribution in [0, 0.1) is 5.92 Å². The molecule has 84 valence electrons. The monoisotopic (exact) mass is 216 g/mol. The van der Waals surface area contributed by atoms with Gasteiger partial charge in [0.1, 0.15) is 0 Å². The topological polar surface area (TPSA) is 57.9 Å². The number of aromatic amines is 1. The Morgan fingerprint density at radius 2 is 2.31 bits per heavy atom. The van der Waals surface area contributed by atoms with Gasteiger partial charge < -0.3 is 15.6 Å². The van der Waals surface area contributed by atoms with E-state index in [0.717, 1.165) is 36.6 Å². The molecule has 0 saturated carbocycles. The summed E-state index contributed by atoms with van der Waals surface area (Å²) in [6.07, 6.45) is 1.17. The predicted molar refractivity (Wildman–Crippen MR) is 65.5 cm³/mol. The molecule has 0 unspecified atom stereocenters. The van der Waals surface area contributed by atoms with Crippen LogP contribution in [-0.4, -0.2) is 29.6 Å². The van der Waals surface area contributed by atoms with Crippen LogP contribution >= 0.6 is 0 Å². The van der Waals surface area contributed by atoms with Crippen LogP contribution in [0.25, 0.3) is 11.0 Å². The summed E-state index contributed by atoms with van der Waals surface area (Å²) in [4.78, 5) is 10.2. The molecule has 0 aliphatic carbocycles. The van der Waals surface area contributed by atoms with Crippen LogP contribution in [0.1, 0.15) is 6.42 Å². The van der Waals surface area contributed by atoms with Gasteiger partial charge in [-0.15, -0.1) is 0 Å². The van der Waals surface area contributed by atoms with E-state index in [1.807, 2.05) is 18.2 Å². The Labute approximate surface area is 94.5 Å². The van der Waals surface area contributed by atoms with Gasteiger partial charge in [-0.3, -0.25) is 0 Å². The molecule has 1 aromatic carbocycles. The fraction of sp³-hybridized carbons (Fsp3) is 0.417. The Hall–Kier alpha value is -1.55. The second-order valence-electron chi connectivity index (χ2n) is 4.41. The fourth-order valence-corrected chi connectivity index (χ4v) is 2.31. The first-order valence-electron chi connectivity index (χ1n) is 5.76. The van der Waals surface area contributed by atoms with E-state index < -0.39 is 0 Å². The minimum atomic E-state index is 0.619. The van der Waals surface area contributed by atoms with E-state index in [0.29, 0.717) is 5.92 Å². The zero-order valence-corrected chi connectivity index (χ0v) is 9.19. The van der Waals surface area contributed by atoms with Gasteiger partial charge in [0.2, 0.25) is 5.95 Å². The lowest BCUT2D eigenvalue weighted by Crippen LogP contribution is -2.23. The third-order valence-corrected chi connectivity index (χ3v) is 3.30. The number of anilines is 1. The van der Waals surface area contributed by atoms with E-state index in [2.05, 4.69) is 20.9 Å². The molecule has 3 N–H and O–H groups in total. The van der Waals surface area contributed by atoms with Crippen molar-refractivity contribution in [3.8, 4) is 0 Å². The average molecular weight is 216 g/mol. The summed E-state index contributed by atoms with van der Waals surface area (Å²) >= 11 is 0. The molecule has 4 heteroatoms. The lowest BCUT2D eigenvalue weighted by molar-refractivity contribution is 0.602. The summed E-state index contributed by atoms with van der Waals surface area (Å²) in [6, 6.07) is 8.13. The smallest absolute Gasteiger partial charge is 0.203 e. The first-order chi connectivity index (χ1) is 7.86. The highest BCUT2D eigenvalue weighted by Gasteiger charge is 2.23. The number of nitrogens with zero attached hydrogens (tertiary/aromatic N) is 2. The molecule has 2 heterocycles. The van der Waals surface area contributed by atoms with E-state index in [9.17, 15) is 0 Å². The van der Waals surface area contributed by atoms with Crippen molar-refractivity contribution < 1.29 is 0 Å². The molecular formula is C12H16N4. The highest BCUT2D eigenvalue weighted by Crippen LogP contribution is 2.23. The number of H-pyrrole nitrogens is 1. The number of para-hydroxylation sites is 2. The minimum Gasteiger partial charge on any atom is -0.342 e. The molecule has 4 nitrogen and oxygen atoms in total. The Morgan fingerprint density at radius 3 is 3.06 bits per heavy atom. The molecular weight excluding hydrogens is 200 g/mol. The molecule has 1 fully saturated rings. The van der Waals surface area contributed by atoms with E-state index in [1.54, 1.807) is 0 Å². The molecule has 0 spiro atoms. The highest BCUT2D eigenvalue weighted by molar-refractivity contribution is 5.77. The van der Waals surface area contributed by atoms with E-state index in [1.165, 1.54) is 6.42 Å². The van der Waals surface area contributed by atoms with Crippen LogP contribution in [0.2, 0.25) is 0 Å². The molecule has 1 aliphatic rings. The van der Waals surface area contributed by atoms with Gasteiger partial charge in [-0.2, -0.15) is 0 Å². The summed E-state index contributed by atoms with van der Waals surface area (Å²) in [5.41, 5.74) is 7.83. The number of imidazole rings is 1. The minimum absolute atomic E-state index is 0.619. The Balaban J connectivity index is 1.89. The Morgan fingerprint density at radius 1 is 1.44 bits per heavy atom. The number of aromatic nitrogens is 2. The number of rotatable bonds is 2. The molecule has 2 aromatic rings. The zero-order chi connectivity index (χ0) is 11.0. The van der Waals surface area contributed by atoms with Gasteiger partial charge in [-0.25, -0.2) is 4.98 Å². The third-order valence-electron chi connectivity index (χ3n) is 3.30. The van der Waals surface area contributed by atoms with Gasteiger partial charge in [-0.05, 0) is 31.0 Å². The van der Waals surface area contributed by atoms with Gasteiger partial charge in [0.05, 0.1) is 11.0 Å². The van der Waals surface area contributed by atoms with Crippen molar-refractivity contribution in [2.24, 2.45) is 11.7 Å². The summed E-state index contributed by atoms with van der Waals surface area (Å²) in [6.45, 7) is 2.86. The second kappa shape index (κ2) is 3.79. The lowest BCUT2D eigenvalue weighted by atomic mass is 10.1. The van der Waals surface area contributed by atoms with Crippen LogP contribution in [0.15, 0.2) is 24.3 Å². The molecule has 1 aromatic heterocycles. The standard InChI is InChI=1S/C12H16N4/c13-7-9-5-6-16(8-9)12-14-10-3-1-2-4-11(10)15-12/h1-4,9H,5-8,13H2,(H,14,15)/t9-/m0/s1. The molecule has 0 radical (unpaired) electrons. The van der Waals surface area contributed by atoms with Gasteiger partial charge in [0.25, 0.3) is 0 Å². The third kappa shape index (κ3) is 1.55. The van der Waals surface area contributed by atoms with Crippen LogP contribution in [0.3, 0.4) is 0 Å². The molecule has 1 saturated heterocycles. The summed E-state index contributed by atoms with van der Waals surface area (Å²) in [5, 5.41) is 0. The maximum atomic E-state index is 5.69. The number of fused-ring (bicyclic) bond motifs is 1. The maximum absolute atomic E-state index is 5.69. The van der Waals surface area contributed by atoms with Crippen molar-refractivity contribution >= 4 is 17.0 Å². The number of nitrogens with two attached hydrogens (primary N) is 1. The van der Waals surface area contributed by atoms with Crippen molar-refractivity contribution in [3.05, 3.63) is 24.3 Å².